The highest BCUT2D eigenvalue weighted by Gasteiger charge is 2.19. The van der Waals surface area contributed by atoms with E-state index in [0.29, 0.717) is 0 Å². The first-order valence-electron chi connectivity index (χ1n) is 4.68. The zero-order valence-corrected chi connectivity index (χ0v) is 9.36. The van der Waals surface area contributed by atoms with Crippen LogP contribution in [-0.4, -0.2) is 6.61 Å². The van der Waals surface area contributed by atoms with Crippen LogP contribution in [0, 0.1) is 13.8 Å². The van der Waals surface area contributed by atoms with E-state index in [0.717, 1.165) is 24.3 Å². The second-order valence-electron chi connectivity index (χ2n) is 3.67. The third kappa shape index (κ3) is 1.72. The monoisotopic (exact) mass is 213 g/mol. The highest BCUT2D eigenvalue weighted by Crippen LogP contribution is 2.34. The molecule has 0 saturated carbocycles. The molecular weight excluding hydrogens is 198 g/mol. The molecule has 1 aromatic rings. The van der Waals surface area contributed by atoms with E-state index in [1.165, 1.54) is 11.1 Å². The Labute approximate surface area is 90.9 Å². The molecule has 2 N–H and O–H groups in total. The molecule has 14 heavy (non-hydrogen) atoms. The molecule has 0 radical (unpaired) electrons. The summed E-state index contributed by atoms with van der Waals surface area (Å²) in [7, 11) is 0. The minimum atomic E-state index is 0. The van der Waals surface area contributed by atoms with Gasteiger partial charge in [-0.05, 0) is 25.0 Å². The fraction of sp³-hybridized carbons (Fsp3) is 0.455. The Balaban J connectivity index is 0.000000980. The van der Waals surface area contributed by atoms with Crippen molar-refractivity contribution in [2.45, 2.75) is 26.3 Å². The molecular formula is C11H16ClNO. The molecule has 2 nitrogen and oxygen atoms in total. The number of nitrogens with two attached hydrogens (primary N) is 1. The number of aryl methyl sites for hydroxylation is 1. The molecule has 0 fully saturated rings. The number of ether oxygens (including phenoxy) is 1. The molecule has 0 bridgehead atoms. The fourth-order valence-electron chi connectivity index (χ4n) is 1.74. The summed E-state index contributed by atoms with van der Waals surface area (Å²) in [5, 5.41) is 0. The van der Waals surface area contributed by atoms with Crippen LogP contribution in [0.3, 0.4) is 0 Å². The van der Waals surface area contributed by atoms with Crippen molar-refractivity contribution in [3.8, 4) is 5.75 Å². The van der Waals surface area contributed by atoms with E-state index >= 15 is 0 Å². The molecule has 0 unspecified atom stereocenters. The molecule has 1 aliphatic heterocycles. The average Bonchev–Trinajstić information content (AvgIpc) is 2.12. The van der Waals surface area contributed by atoms with E-state index in [2.05, 4.69) is 26.0 Å². The van der Waals surface area contributed by atoms with Crippen LogP contribution >= 0.6 is 12.4 Å². The predicted molar refractivity (Wildman–Crippen MR) is 60.2 cm³/mol. The van der Waals surface area contributed by atoms with Crippen molar-refractivity contribution in [2.24, 2.45) is 5.73 Å². The summed E-state index contributed by atoms with van der Waals surface area (Å²) in [4.78, 5) is 0. The van der Waals surface area contributed by atoms with Crippen LogP contribution in [0.25, 0.3) is 0 Å². The van der Waals surface area contributed by atoms with Crippen molar-refractivity contribution in [1.82, 2.24) is 0 Å². The van der Waals surface area contributed by atoms with Crippen LogP contribution in [0.4, 0.5) is 0 Å². The molecule has 1 aromatic carbocycles. The number of hydrogen-bond acceptors (Lipinski definition) is 2. The van der Waals surface area contributed by atoms with Gasteiger partial charge in [-0.15, -0.1) is 12.4 Å². The molecule has 78 valence electrons. The van der Waals surface area contributed by atoms with E-state index in [-0.39, 0.29) is 18.4 Å². The van der Waals surface area contributed by atoms with Crippen molar-refractivity contribution >= 4 is 12.4 Å². The fourth-order valence-corrected chi connectivity index (χ4v) is 1.74. The highest BCUT2D eigenvalue weighted by atomic mass is 35.5. The maximum Gasteiger partial charge on any atom is 0.127 e. The Morgan fingerprint density at radius 2 is 2.07 bits per heavy atom. The van der Waals surface area contributed by atoms with Crippen molar-refractivity contribution in [3.63, 3.8) is 0 Å². The first-order valence-corrected chi connectivity index (χ1v) is 4.68. The van der Waals surface area contributed by atoms with Gasteiger partial charge in [-0.25, -0.2) is 0 Å². The summed E-state index contributed by atoms with van der Waals surface area (Å²) in [6.45, 7) is 4.93. The van der Waals surface area contributed by atoms with E-state index in [1.54, 1.807) is 0 Å². The Hall–Kier alpha value is -0.730. The highest BCUT2D eigenvalue weighted by molar-refractivity contribution is 5.85. The van der Waals surface area contributed by atoms with Gasteiger partial charge in [0.2, 0.25) is 0 Å². The maximum absolute atomic E-state index is 5.99. The summed E-state index contributed by atoms with van der Waals surface area (Å²) in [6.07, 6.45) is 0.926. The molecule has 0 spiro atoms. The quantitative estimate of drug-likeness (QED) is 0.719. The smallest absolute Gasteiger partial charge is 0.127 e. The Kier molecular flexibility index (Phi) is 3.40. The van der Waals surface area contributed by atoms with Gasteiger partial charge in [0.15, 0.2) is 0 Å². The zero-order chi connectivity index (χ0) is 9.42. The van der Waals surface area contributed by atoms with Gasteiger partial charge in [0.05, 0.1) is 6.61 Å². The summed E-state index contributed by atoms with van der Waals surface area (Å²) in [5.74, 6) is 1.01. The zero-order valence-electron chi connectivity index (χ0n) is 8.54. The molecule has 2 rings (SSSR count). The first kappa shape index (κ1) is 11.3. The summed E-state index contributed by atoms with van der Waals surface area (Å²) in [6, 6.07) is 4.35. The Morgan fingerprint density at radius 1 is 1.36 bits per heavy atom. The number of halogens is 1. The topological polar surface area (TPSA) is 35.2 Å². The van der Waals surface area contributed by atoms with Gasteiger partial charge in [0.25, 0.3) is 0 Å². The minimum absolute atomic E-state index is 0. The lowest BCUT2D eigenvalue weighted by atomic mass is 9.96. The van der Waals surface area contributed by atoms with Gasteiger partial charge < -0.3 is 10.5 Å². The van der Waals surface area contributed by atoms with Crippen molar-refractivity contribution in [2.75, 3.05) is 6.61 Å². The van der Waals surface area contributed by atoms with Gasteiger partial charge >= 0.3 is 0 Å². The second kappa shape index (κ2) is 4.20. The van der Waals surface area contributed by atoms with Crippen molar-refractivity contribution < 1.29 is 4.74 Å². The van der Waals surface area contributed by atoms with Crippen LogP contribution in [0.5, 0.6) is 5.75 Å². The average molecular weight is 214 g/mol. The minimum Gasteiger partial charge on any atom is -0.493 e. The molecule has 0 amide bonds. The van der Waals surface area contributed by atoms with E-state index in [1.807, 2.05) is 0 Å². The summed E-state index contributed by atoms with van der Waals surface area (Å²) < 4.78 is 5.63. The third-order valence-corrected chi connectivity index (χ3v) is 2.78. The molecule has 0 aliphatic carbocycles. The number of hydrogen-bond donors (Lipinski definition) is 1. The molecule has 0 aromatic heterocycles. The van der Waals surface area contributed by atoms with Crippen LogP contribution in [0.15, 0.2) is 12.1 Å². The maximum atomic E-state index is 5.99. The third-order valence-electron chi connectivity index (χ3n) is 2.78. The van der Waals surface area contributed by atoms with E-state index in [4.69, 9.17) is 10.5 Å². The van der Waals surface area contributed by atoms with Crippen LogP contribution < -0.4 is 10.5 Å². The van der Waals surface area contributed by atoms with Crippen molar-refractivity contribution in [3.05, 3.63) is 28.8 Å². The molecule has 1 aliphatic rings. The van der Waals surface area contributed by atoms with Gasteiger partial charge in [-0.1, -0.05) is 12.1 Å². The van der Waals surface area contributed by atoms with Crippen LogP contribution in [0.2, 0.25) is 0 Å². The Bertz CT molecular complexity index is 338. The van der Waals surface area contributed by atoms with Gasteiger partial charge in [-0.3, -0.25) is 0 Å². The summed E-state index contributed by atoms with van der Waals surface area (Å²) in [5.41, 5.74) is 9.65. The normalized spacial score (nSPS) is 19.2. The lowest BCUT2D eigenvalue weighted by Crippen LogP contribution is -2.21. The van der Waals surface area contributed by atoms with Crippen LogP contribution in [0.1, 0.15) is 29.2 Å². The molecule has 1 atom stereocenters. The van der Waals surface area contributed by atoms with E-state index in [9.17, 15) is 0 Å². The lowest BCUT2D eigenvalue weighted by molar-refractivity contribution is 0.267. The lowest BCUT2D eigenvalue weighted by Gasteiger charge is -2.25. The summed E-state index contributed by atoms with van der Waals surface area (Å²) >= 11 is 0. The SMILES string of the molecule is Cc1ccc2c(c1C)OCC[C@H]2N.Cl. The van der Waals surface area contributed by atoms with Crippen LogP contribution in [-0.2, 0) is 0 Å². The molecule has 0 saturated heterocycles. The predicted octanol–water partition coefficient (Wildman–Crippen LogP) is 2.51. The number of benzene rings is 1. The Morgan fingerprint density at radius 3 is 2.79 bits per heavy atom. The molecule has 3 heteroatoms. The first-order chi connectivity index (χ1) is 6.20. The van der Waals surface area contributed by atoms with Gasteiger partial charge in [-0.2, -0.15) is 0 Å². The number of rotatable bonds is 0. The second-order valence-corrected chi connectivity index (χ2v) is 3.67. The van der Waals surface area contributed by atoms with E-state index < -0.39 is 0 Å². The molecule has 1 heterocycles. The standard InChI is InChI=1S/C11H15NO.ClH/c1-7-3-4-9-10(12)5-6-13-11(9)8(7)2;/h3-4,10H,5-6,12H2,1-2H3;1H/t10-;/m1./s1. The number of fused-ring (bicyclic) bond motifs is 1. The van der Waals surface area contributed by atoms with Crippen molar-refractivity contribution in [1.29, 1.82) is 0 Å². The largest absolute Gasteiger partial charge is 0.493 e. The van der Waals surface area contributed by atoms with Gasteiger partial charge in [0, 0.05) is 18.0 Å². The van der Waals surface area contributed by atoms with Gasteiger partial charge in [0.1, 0.15) is 5.75 Å².